The maximum absolute atomic E-state index is 6.21. The van der Waals surface area contributed by atoms with Gasteiger partial charge in [-0.15, -0.1) is 0 Å². The van der Waals surface area contributed by atoms with Crippen LogP contribution < -0.4 is 5.32 Å². The van der Waals surface area contributed by atoms with Gasteiger partial charge in [0.05, 0.1) is 10.7 Å². The molecule has 4 nitrogen and oxygen atoms in total. The predicted molar refractivity (Wildman–Crippen MR) is 78.2 cm³/mol. The molecule has 0 aliphatic carbocycles. The third-order valence-corrected chi connectivity index (χ3v) is 3.24. The molecule has 0 spiro atoms. The largest absolute Gasteiger partial charge is 0.385 e. The molecule has 0 unspecified atom stereocenters. The molecule has 0 atom stereocenters. The number of benzene rings is 1. The highest BCUT2D eigenvalue weighted by Gasteiger charge is 2.08. The van der Waals surface area contributed by atoms with Crippen molar-refractivity contribution in [2.45, 2.75) is 19.9 Å². The highest BCUT2D eigenvalue weighted by Crippen LogP contribution is 2.28. The zero-order valence-corrected chi connectivity index (χ0v) is 11.9. The van der Waals surface area contributed by atoms with E-state index in [4.69, 9.17) is 16.3 Å². The lowest BCUT2D eigenvalue weighted by Crippen LogP contribution is -2.06. The van der Waals surface area contributed by atoms with Gasteiger partial charge in [0.15, 0.2) is 0 Å². The van der Waals surface area contributed by atoms with E-state index in [0.717, 1.165) is 36.8 Å². The Morgan fingerprint density at radius 3 is 3.00 bits per heavy atom. The fourth-order valence-corrected chi connectivity index (χ4v) is 2.16. The molecule has 0 amide bonds. The topological polar surface area (TPSA) is 39.1 Å². The average molecular weight is 280 g/mol. The van der Waals surface area contributed by atoms with Crippen molar-refractivity contribution >= 4 is 23.2 Å². The van der Waals surface area contributed by atoms with Crippen molar-refractivity contribution in [1.82, 2.24) is 9.55 Å². The van der Waals surface area contributed by atoms with Crippen LogP contribution in [0.15, 0.2) is 30.6 Å². The molecule has 19 heavy (non-hydrogen) atoms. The fraction of sp³-hybridized carbons (Fsp3) is 0.357. The lowest BCUT2D eigenvalue weighted by Gasteiger charge is -2.12. The molecule has 2 aromatic rings. The lowest BCUT2D eigenvalue weighted by molar-refractivity contribution is 0.190. The normalized spacial score (nSPS) is 10.7. The zero-order chi connectivity index (χ0) is 13.7. The highest BCUT2D eigenvalue weighted by molar-refractivity contribution is 6.33. The minimum absolute atomic E-state index is 0.700. The highest BCUT2D eigenvalue weighted by atomic mass is 35.5. The molecule has 0 saturated carbocycles. The fourth-order valence-electron chi connectivity index (χ4n) is 1.89. The number of anilines is 2. The first kappa shape index (κ1) is 13.9. The van der Waals surface area contributed by atoms with E-state index in [2.05, 4.69) is 14.9 Å². The average Bonchev–Trinajstić information content (AvgIpc) is 2.82. The van der Waals surface area contributed by atoms with Crippen LogP contribution in [0.3, 0.4) is 0 Å². The Morgan fingerprint density at radius 1 is 1.42 bits per heavy atom. The van der Waals surface area contributed by atoms with E-state index >= 15 is 0 Å². The van der Waals surface area contributed by atoms with Gasteiger partial charge in [0.1, 0.15) is 0 Å². The van der Waals surface area contributed by atoms with Crippen LogP contribution in [0.25, 0.3) is 0 Å². The van der Waals surface area contributed by atoms with Crippen LogP contribution in [0.4, 0.5) is 11.6 Å². The molecule has 1 heterocycles. The number of ether oxygens (including phenoxy) is 1. The summed E-state index contributed by atoms with van der Waals surface area (Å²) in [6.07, 6.45) is 4.68. The smallest absolute Gasteiger partial charge is 0.207 e. The number of methoxy groups -OCH3 is 1. The predicted octanol–water partition coefficient (Wildman–Crippen LogP) is 3.63. The van der Waals surface area contributed by atoms with Gasteiger partial charge in [0, 0.05) is 32.7 Å². The number of halogens is 1. The molecule has 0 fully saturated rings. The Morgan fingerprint density at radius 2 is 2.26 bits per heavy atom. The van der Waals surface area contributed by atoms with Gasteiger partial charge < -0.3 is 14.6 Å². The van der Waals surface area contributed by atoms with Gasteiger partial charge in [-0.2, -0.15) is 0 Å². The first-order chi connectivity index (χ1) is 9.22. The van der Waals surface area contributed by atoms with Gasteiger partial charge in [0.2, 0.25) is 5.95 Å². The Hall–Kier alpha value is -1.52. The second-order valence-corrected chi connectivity index (χ2v) is 4.75. The summed E-state index contributed by atoms with van der Waals surface area (Å²) in [6.45, 7) is 3.62. The van der Waals surface area contributed by atoms with Crippen molar-refractivity contribution in [3.63, 3.8) is 0 Å². The second kappa shape index (κ2) is 6.59. The van der Waals surface area contributed by atoms with Crippen LogP contribution in [0.2, 0.25) is 5.02 Å². The Bertz CT molecular complexity index is 519. The number of nitrogens with one attached hydrogen (secondary N) is 1. The van der Waals surface area contributed by atoms with E-state index in [9.17, 15) is 0 Å². The van der Waals surface area contributed by atoms with Gasteiger partial charge in [-0.1, -0.05) is 23.7 Å². The Balaban J connectivity index is 2.13. The van der Waals surface area contributed by atoms with E-state index < -0.39 is 0 Å². The molecule has 1 N–H and O–H groups in total. The van der Waals surface area contributed by atoms with Gasteiger partial charge in [-0.05, 0) is 25.0 Å². The molecular weight excluding hydrogens is 262 g/mol. The van der Waals surface area contributed by atoms with Crippen molar-refractivity contribution in [2.75, 3.05) is 19.0 Å². The first-order valence-electron chi connectivity index (χ1n) is 6.24. The SMILES string of the molecule is COCCCn1ccnc1Nc1c(C)cccc1Cl. The summed E-state index contributed by atoms with van der Waals surface area (Å²) >= 11 is 6.21. The summed E-state index contributed by atoms with van der Waals surface area (Å²) in [5, 5.41) is 4.00. The lowest BCUT2D eigenvalue weighted by atomic mass is 10.2. The Kier molecular flexibility index (Phi) is 4.82. The number of imidazole rings is 1. The molecule has 5 heteroatoms. The van der Waals surface area contributed by atoms with E-state index in [1.807, 2.05) is 31.3 Å². The van der Waals surface area contributed by atoms with Crippen LogP contribution in [0.5, 0.6) is 0 Å². The van der Waals surface area contributed by atoms with Crippen LogP contribution in [-0.4, -0.2) is 23.3 Å². The van der Waals surface area contributed by atoms with Crippen molar-refractivity contribution < 1.29 is 4.74 Å². The molecule has 1 aromatic carbocycles. The minimum Gasteiger partial charge on any atom is -0.385 e. The summed E-state index contributed by atoms with van der Waals surface area (Å²) in [6, 6.07) is 5.83. The van der Waals surface area contributed by atoms with Crippen LogP contribution >= 0.6 is 11.6 Å². The maximum Gasteiger partial charge on any atom is 0.207 e. The molecule has 0 aliphatic heterocycles. The molecule has 1 aromatic heterocycles. The van der Waals surface area contributed by atoms with Crippen LogP contribution in [0, 0.1) is 6.92 Å². The number of rotatable bonds is 6. The summed E-state index contributed by atoms with van der Waals surface area (Å²) in [7, 11) is 1.71. The minimum atomic E-state index is 0.700. The van der Waals surface area contributed by atoms with Crippen LogP contribution in [-0.2, 0) is 11.3 Å². The molecule has 0 saturated heterocycles. The quantitative estimate of drug-likeness (QED) is 0.821. The number of aromatic nitrogens is 2. The van der Waals surface area contributed by atoms with Crippen molar-refractivity contribution in [1.29, 1.82) is 0 Å². The molecule has 102 valence electrons. The van der Waals surface area contributed by atoms with Gasteiger partial charge in [-0.25, -0.2) is 4.98 Å². The summed E-state index contributed by atoms with van der Waals surface area (Å²) in [4.78, 5) is 4.32. The zero-order valence-electron chi connectivity index (χ0n) is 11.2. The molecule has 0 radical (unpaired) electrons. The van der Waals surface area contributed by atoms with E-state index in [-0.39, 0.29) is 0 Å². The summed E-state index contributed by atoms with van der Waals surface area (Å²) < 4.78 is 7.12. The number of nitrogens with zero attached hydrogens (tertiary/aromatic N) is 2. The molecular formula is C14H18ClN3O. The first-order valence-corrected chi connectivity index (χ1v) is 6.62. The van der Waals surface area contributed by atoms with Gasteiger partial charge >= 0.3 is 0 Å². The van der Waals surface area contributed by atoms with Crippen LogP contribution in [0.1, 0.15) is 12.0 Å². The number of hydrogen-bond donors (Lipinski definition) is 1. The van der Waals surface area contributed by atoms with Crippen molar-refractivity contribution in [3.05, 3.63) is 41.2 Å². The molecule has 2 rings (SSSR count). The number of hydrogen-bond acceptors (Lipinski definition) is 3. The van der Waals surface area contributed by atoms with Crippen molar-refractivity contribution in [3.8, 4) is 0 Å². The summed E-state index contributed by atoms with van der Waals surface area (Å²) in [5.74, 6) is 0.798. The number of para-hydroxylation sites is 1. The second-order valence-electron chi connectivity index (χ2n) is 4.35. The third-order valence-electron chi connectivity index (χ3n) is 2.92. The van der Waals surface area contributed by atoms with E-state index in [1.54, 1.807) is 13.3 Å². The van der Waals surface area contributed by atoms with E-state index in [0.29, 0.717) is 5.02 Å². The maximum atomic E-state index is 6.21. The van der Waals surface area contributed by atoms with Gasteiger partial charge in [0.25, 0.3) is 0 Å². The molecule has 0 bridgehead atoms. The van der Waals surface area contributed by atoms with E-state index in [1.165, 1.54) is 0 Å². The Labute approximate surface area is 118 Å². The van der Waals surface area contributed by atoms with Gasteiger partial charge in [-0.3, -0.25) is 0 Å². The number of aryl methyl sites for hydroxylation is 2. The molecule has 0 aliphatic rings. The third kappa shape index (κ3) is 3.49. The van der Waals surface area contributed by atoms with Crippen molar-refractivity contribution in [2.24, 2.45) is 0 Å². The standard InChI is InChI=1S/C14H18ClN3O/c1-11-5-3-6-12(15)13(11)17-14-16-7-9-18(14)8-4-10-19-2/h3,5-7,9H,4,8,10H2,1-2H3,(H,16,17). The summed E-state index contributed by atoms with van der Waals surface area (Å²) in [5.41, 5.74) is 2.00. The monoisotopic (exact) mass is 279 g/mol.